The Labute approximate surface area is 146 Å². The molecule has 1 fully saturated rings. The van der Waals surface area contributed by atoms with Crippen LogP contribution in [0.4, 0.5) is 19.0 Å². The monoisotopic (exact) mass is 374 g/mol. The molecule has 9 heteroatoms. The van der Waals surface area contributed by atoms with E-state index in [0.29, 0.717) is 24.6 Å². The van der Waals surface area contributed by atoms with Crippen LogP contribution in [0.3, 0.4) is 0 Å². The molecule has 1 aromatic rings. The number of allylic oxidation sites excluding steroid dienone is 2. The van der Waals surface area contributed by atoms with Gasteiger partial charge in [0.2, 0.25) is 0 Å². The molecule has 0 aliphatic heterocycles. The number of fused-ring (bicyclic) bond motifs is 2. The van der Waals surface area contributed by atoms with E-state index in [9.17, 15) is 22.8 Å². The summed E-state index contributed by atoms with van der Waals surface area (Å²) in [4.78, 5) is 27.3. The number of rotatable bonds is 4. The SMILES string of the molecule is O=C(COC(=O)[C@@H]1C[C@H]2C=C[C@H]1C2)Nc1ncc(C(F)(F)F)cc1Cl. The first-order valence-electron chi connectivity index (χ1n) is 7.61. The Morgan fingerprint density at radius 3 is 2.64 bits per heavy atom. The Morgan fingerprint density at radius 1 is 1.32 bits per heavy atom. The third kappa shape index (κ3) is 3.95. The molecule has 0 unspecified atom stereocenters. The smallest absolute Gasteiger partial charge is 0.417 e. The van der Waals surface area contributed by atoms with Crippen LogP contribution in [0.2, 0.25) is 5.02 Å². The van der Waals surface area contributed by atoms with Gasteiger partial charge in [-0.1, -0.05) is 23.8 Å². The van der Waals surface area contributed by atoms with E-state index < -0.39 is 30.2 Å². The minimum Gasteiger partial charge on any atom is -0.455 e. The maximum Gasteiger partial charge on any atom is 0.417 e. The van der Waals surface area contributed by atoms with Crippen LogP contribution >= 0.6 is 11.6 Å². The molecule has 0 saturated heterocycles. The van der Waals surface area contributed by atoms with Crippen molar-refractivity contribution < 1.29 is 27.5 Å². The van der Waals surface area contributed by atoms with Crippen molar-refractivity contribution in [1.29, 1.82) is 0 Å². The van der Waals surface area contributed by atoms with Crippen molar-refractivity contribution in [1.82, 2.24) is 4.98 Å². The first kappa shape index (κ1) is 17.7. The van der Waals surface area contributed by atoms with E-state index in [1.165, 1.54) is 0 Å². The van der Waals surface area contributed by atoms with Crippen molar-refractivity contribution in [3.63, 3.8) is 0 Å². The molecule has 0 aromatic carbocycles. The summed E-state index contributed by atoms with van der Waals surface area (Å²) in [5.74, 6) is -1.08. The van der Waals surface area contributed by atoms with Crippen LogP contribution in [0, 0.1) is 17.8 Å². The molecule has 1 amide bonds. The van der Waals surface area contributed by atoms with Gasteiger partial charge in [-0.3, -0.25) is 9.59 Å². The molecule has 2 aliphatic carbocycles. The van der Waals surface area contributed by atoms with Crippen LogP contribution in [0.15, 0.2) is 24.4 Å². The predicted octanol–water partition coefficient (Wildman–Crippen LogP) is 3.45. The fourth-order valence-electron chi connectivity index (χ4n) is 3.15. The highest BCUT2D eigenvalue weighted by atomic mass is 35.5. The maximum atomic E-state index is 12.5. The van der Waals surface area contributed by atoms with Crippen LogP contribution in [0.1, 0.15) is 18.4 Å². The second-order valence-corrected chi connectivity index (χ2v) is 6.50. The molecule has 1 N–H and O–H groups in total. The molecule has 0 radical (unpaired) electrons. The number of carbonyl (C=O) groups excluding carboxylic acids is 2. The predicted molar refractivity (Wildman–Crippen MR) is 82.7 cm³/mol. The van der Waals surface area contributed by atoms with Gasteiger partial charge in [-0.05, 0) is 30.7 Å². The van der Waals surface area contributed by atoms with Gasteiger partial charge in [-0.25, -0.2) is 4.98 Å². The van der Waals surface area contributed by atoms with Crippen molar-refractivity contribution in [3.8, 4) is 0 Å². The average molecular weight is 375 g/mol. The van der Waals surface area contributed by atoms with E-state index in [0.717, 1.165) is 6.42 Å². The van der Waals surface area contributed by atoms with Gasteiger partial charge in [-0.2, -0.15) is 13.2 Å². The summed E-state index contributed by atoms with van der Waals surface area (Å²) >= 11 is 5.70. The van der Waals surface area contributed by atoms with Gasteiger partial charge in [0.15, 0.2) is 12.4 Å². The molecule has 2 bridgehead atoms. The van der Waals surface area contributed by atoms with Crippen molar-refractivity contribution in [3.05, 3.63) is 35.0 Å². The second-order valence-electron chi connectivity index (χ2n) is 6.09. The fraction of sp³-hybridized carbons (Fsp3) is 0.438. The number of amides is 1. The van der Waals surface area contributed by atoms with Crippen molar-refractivity contribution in [2.75, 3.05) is 11.9 Å². The van der Waals surface area contributed by atoms with Gasteiger partial charge in [-0.15, -0.1) is 0 Å². The number of nitrogens with one attached hydrogen (secondary N) is 1. The molecule has 1 heterocycles. The molecule has 5 nitrogen and oxygen atoms in total. The molecule has 1 saturated carbocycles. The summed E-state index contributed by atoms with van der Waals surface area (Å²) in [6.07, 6.45) is 1.70. The van der Waals surface area contributed by atoms with Crippen LogP contribution in [-0.2, 0) is 20.5 Å². The van der Waals surface area contributed by atoms with Crippen LogP contribution in [0.5, 0.6) is 0 Å². The van der Waals surface area contributed by atoms with Crippen LogP contribution in [-0.4, -0.2) is 23.5 Å². The number of hydrogen-bond acceptors (Lipinski definition) is 4. The van der Waals surface area contributed by atoms with Gasteiger partial charge in [0.05, 0.1) is 16.5 Å². The maximum absolute atomic E-state index is 12.5. The lowest BCUT2D eigenvalue weighted by molar-refractivity contribution is -0.152. The average Bonchev–Trinajstić information content (AvgIpc) is 3.16. The number of anilines is 1. The molecule has 2 aliphatic rings. The number of alkyl halides is 3. The molecular formula is C16H14ClF3N2O3. The highest BCUT2D eigenvalue weighted by molar-refractivity contribution is 6.33. The highest BCUT2D eigenvalue weighted by Crippen LogP contribution is 2.43. The zero-order valence-electron chi connectivity index (χ0n) is 12.8. The zero-order valence-corrected chi connectivity index (χ0v) is 13.6. The van der Waals surface area contributed by atoms with Gasteiger partial charge in [0.1, 0.15) is 0 Å². The third-order valence-electron chi connectivity index (χ3n) is 4.35. The van der Waals surface area contributed by atoms with Crippen molar-refractivity contribution in [2.45, 2.75) is 19.0 Å². The minimum atomic E-state index is -4.58. The summed E-state index contributed by atoms with van der Waals surface area (Å²) in [6.45, 7) is -0.546. The number of esters is 1. The van der Waals surface area contributed by atoms with E-state index in [4.69, 9.17) is 16.3 Å². The summed E-state index contributed by atoms with van der Waals surface area (Å²) in [6, 6.07) is 0.664. The van der Waals surface area contributed by atoms with E-state index in [1.807, 2.05) is 6.08 Å². The van der Waals surface area contributed by atoms with Gasteiger partial charge < -0.3 is 10.1 Å². The normalized spacial score (nSPS) is 24.4. The topological polar surface area (TPSA) is 68.3 Å². The first-order valence-corrected chi connectivity index (χ1v) is 7.99. The number of aromatic nitrogens is 1. The molecule has 3 rings (SSSR count). The molecule has 25 heavy (non-hydrogen) atoms. The number of hydrogen-bond donors (Lipinski definition) is 1. The van der Waals surface area contributed by atoms with E-state index >= 15 is 0 Å². The second kappa shape index (κ2) is 6.67. The van der Waals surface area contributed by atoms with E-state index in [1.54, 1.807) is 0 Å². The number of halogens is 4. The first-order chi connectivity index (χ1) is 11.7. The van der Waals surface area contributed by atoms with Crippen molar-refractivity contribution >= 4 is 29.3 Å². The van der Waals surface area contributed by atoms with Crippen molar-refractivity contribution in [2.24, 2.45) is 17.8 Å². The fourth-order valence-corrected chi connectivity index (χ4v) is 3.36. The molecule has 3 atom stereocenters. The quantitative estimate of drug-likeness (QED) is 0.647. The third-order valence-corrected chi connectivity index (χ3v) is 4.64. The van der Waals surface area contributed by atoms with E-state index in [-0.39, 0.29) is 22.7 Å². The van der Waals surface area contributed by atoms with Crippen LogP contribution in [0.25, 0.3) is 0 Å². The lowest BCUT2D eigenvalue weighted by atomic mass is 9.94. The summed E-state index contributed by atoms with van der Waals surface area (Å²) < 4.78 is 42.6. The Balaban J connectivity index is 1.53. The molecule has 0 spiro atoms. The molecular weight excluding hydrogens is 361 g/mol. The minimum absolute atomic E-state index is 0.159. The lowest BCUT2D eigenvalue weighted by Gasteiger charge is -2.16. The van der Waals surface area contributed by atoms with Gasteiger partial charge >= 0.3 is 12.1 Å². The zero-order chi connectivity index (χ0) is 18.2. The number of ether oxygens (including phenoxy) is 1. The van der Waals surface area contributed by atoms with Crippen LogP contribution < -0.4 is 5.32 Å². The lowest BCUT2D eigenvalue weighted by Crippen LogP contribution is -2.27. The van der Waals surface area contributed by atoms with Gasteiger partial charge in [0.25, 0.3) is 5.91 Å². The Hall–Kier alpha value is -2.09. The number of nitrogens with zero attached hydrogens (tertiary/aromatic N) is 1. The molecule has 1 aromatic heterocycles. The van der Waals surface area contributed by atoms with E-state index in [2.05, 4.69) is 16.4 Å². The summed E-state index contributed by atoms with van der Waals surface area (Å²) in [5, 5.41) is 1.87. The number of carbonyl (C=O) groups is 2. The highest BCUT2D eigenvalue weighted by Gasteiger charge is 2.40. The summed E-state index contributed by atoms with van der Waals surface area (Å²) in [7, 11) is 0. The number of pyridine rings is 1. The largest absolute Gasteiger partial charge is 0.455 e. The standard InChI is InChI=1S/C16H14ClF3N2O3/c17-12-5-10(16(18,19)20)6-21-14(12)22-13(23)7-25-15(24)11-4-8-1-2-9(11)3-8/h1-2,5-6,8-9,11H,3-4,7H2,(H,21,22,23)/t8-,9-,11+/m0/s1. The Kier molecular flexibility index (Phi) is 4.73. The summed E-state index contributed by atoms with van der Waals surface area (Å²) in [5.41, 5.74) is -1.02. The Morgan fingerprint density at radius 2 is 2.08 bits per heavy atom. The Bertz CT molecular complexity index is 736. The molecule has 134 valence electrons. The van der Waals surface area contributed by atoms with Gasteiger partial charge in [0, 0.05) is 6.20 Å².